The molecule has 3 rings (SSSR count). The van der Waals surface area contributed by atoms with E-state index in [9.17, 15) is 9.59 Å². The largest absolute Gasteiger partial charge is 0.493 e. The lowest BCUT2D eigenvalue weighted by atomic mass is 9.97. The molecule has 3 aromatic rings. The highest BCUT2D eigenvalue weighted by atomic mass is 35.5. The molecule has 0 atom stereocenters. The topological polar surface area (TPSA) is 113 Å². The zero-order chi connectivity index (χ0) is 22.0. The molecule has 0 aliphatic carbocycles. The number of aromatic nitrogens is 1. The Bertz CT molecular complexity index is 1140. The fourth-order valence-corrected chi connectivity index (χ4v) is 3.43. The molecule has 8 nitrogen and oxygen atoms in total. The molecule has 1 heterocycles. The SMILES string of the molecule is CCOC(=O)c1[nH]c2ccc(Cl)cc2c1C(=O)c1cc(OC)c(OC)c(OC)c1N. The number of rotatable bonds is 7. The summed E-state index contributed by atoms with van der Waals surface area (Å²) in [6.07, 6.45) is 0. The van der Waals surface area contributed by atoms with Gasteiger partial charge in [0.2, 0.25) is 5.75 Å². The first-order valence-electron chi connectivity index (χ1n) is 8.99. The van der Waals surface area contributed by atoms with Crippen molar-refractivity contribution in [2.24, 2.45) is 0 Å². The van der Waals surface area contributed by atoms with E-state index in [-0.39, 0.29) is 46.4 Å². The van der Waals surface area contributed by atoms with E-state index in [1.807, 2.05) is 0 Å². The van der Waals surface area contributed by atoms with E-state index < -0.39 is 11.8 Å². The first-order valence-corrected chi connectivity index (χ1v) is 9.37. The molecule has 0 amide bonds. The van der Waals surface area contributed by atoms with Gasteiger partial charge in [0.25, 0.3) is 0 Å². The number of ketones is 1. The number of esters is 1. The first kappa shape index (κ1) is 21.3. The van der Waals surface area contributed by atoms with Gasteiger partial charge in [-0.2, -0.15) is 0 Å². The Labute approximate surface area is 177 Å². The minimum absolute atomic E-state index is 0.00673. The van der Waals surface area contributed by atoms with Gasteiger partial charge in [0, 0.05) is 15.9 Å². The van der Waals surface area contributed by atoms with Gasteiger partial charge in [0.15, 0.2) is 17.3 Å². The van der Waals surface area contributed by atoms with E-state index in [1.165, 1.54) is 27.4 Å². The Morgan fingerprint density at radius 1 is 1.07 bits per heavy atom. The molecular formula is C21H21ClN2O6. The van der Waals surface area contributed by atoms with Crippen molar-refractivity contribution in [2.75, 3.05) is 33.7 Å². The van der Waals surface area contributed by atoms with Crippen LogP contribution in [0.3, 0.4) is 0 Å². The molecule has 158 valence electrons. The van der Waals surface area contributed by atoms with Crippen molar-refractivity contribution in [3.05, 3.63) is 46.1 Å². The van der Waals surface area contributed by atoms with Crippen LogP contribution in [0.25, 0.3) is 10.9 Å². The predicted octanol–water partition coefficient (Wildman–Crippen LogP) is 3.84. The monoisotopic (exact) mass is 432 g/mol. The molecule has 0 saturated heterocycles. The lowest BCUT2D eigenvalue weighted by Gasteiger charge is -2.17. The fourth-order valence-electron chi connectivity index (χ4n) is 3.26. The van der Waals surface area contributed by atoms with Gasteiger partial charge in [0.05, 0.1) is 44.8 Å². The number of nitrogens with one attached hydrogen (secondary N) is 1. The second-order valence-electron chi connectivity index (χ2n) is 6.22. The average molecular weight is 433 g/mol. The molecule has 2 aromatic carbocycles. The summed E-state index contributed by atoms with van der Waals surface area (Å²) in [6.45, 7) is 1.82. The van der Waals surface area contributed by atoms with E-state index in [0.717, 1.165) is 0 Å². The summed E-state index contributed by atoms with van der Waals surface area (Å²) < 4.78 is 21.1. The second kappa shape index (κ2) is 8.54. The molecule has 0 radical (unpaired) electrons. The molecular weight excluding hydrogens is 412 g/mol. The van der Waals surface area contributed by atoms with Gasteiger partial charge in [-0.3, -0.25) is 4.79 Å². The minimum Gasteiger partial charge on any atom is -0.493 e. The van der Waals surface area contributed by atoms with Crippen LogP contribution < -0.4 is 19.9 Å². The van der Waals surface area contributed by atoms with Gasteiger partial charge in [0.1, 0.15) is 5.69 Å². The third kappa shape index (κ3) is 3.50. The first-order chi connectivity index (χ1) is 14.4. The fraction of sp³-hybridized carbons (Fsp3) is 0.238. The quantitative estimate of drug-likeness (QED) is 0.331. The lowest BCUT2D eigenvalue weighted by molar-refractivity contribution is 0.0518. The number of carbonyl (C=O) groups is 2. The van der Waals surface area contributed by atoms with Gasteiger partial charge in [-0.05, 0) is 31.2 Å². The number of halogens is 1. The lowest BCUT2D eigenvalue weighted by Crippen LogP contribution is -2.14. The molecule has 0 saturated carbocycles. The number of carbonyl (C=O) groups excluding carboxylic acids is 2. The van der Waals surface area contributed by atoms with Crippen LogP contribution in [0.1, 0.15) is 33.3 Å². The summed E-state index contributed by atoms with van der Waals surface area (Å²) >= 11 is 6.13. The van der Waals surface area contributed by atoms with Crippen molar-refractivity contribution in [3.8, 4) is 17.2 Å². The number of fused-ring (bicyclic) bond motifs is 1. The summed E-state index contributed by atoms with van der Waals surface area (Å²) in [5.74, 6) is -0.539. The van der Waals surface area contributed by atoms with E-state index >= 15 is 0 Å². The summed E-state index contributed by atoms with van der Waals surface area (Å²) in [5.41, 5.74) is 7.00. The summed E-state index contributed by atoms with van der Waals surface area (Å²) in [7, 11) is 4.26. The molecule has 9 heteroatoms. The highest BCUT2D eigenvalue weighted by molar-refractivity contribution is 6.32. The molecule has 0 fully saturated rings. The van der Waals surface area contributed by atoms with Gasteiger partial charge < -0.3 is 29.7 Å². The van der Waals surface area contributed by atoms with E-state index in [0.29, 0.717) is 15.9 Å². The third-order valence-electron chi connectivity index (χ3n) is 4.58. The van der Waals surface area contributed by atoms with Crippen molar-refractivity contribution in [3.63, 3.8) is 0 Å². The second-order valence-corrected chi connectivity index (χ2v) is 6.66. The molecule has 0 unspecified atom stereocenters. The number of anilines is 1. The van der Waals surface area contributed by atoms with Gasteiger partial charge in [-0.15, -0.1) is 0 Å². The zero-order valence-corrected chi connectivity index (χ0v) is 17.7. The van der Waals surface area contributed by atoms with E-state index in [2.05, 4.69) is 4.98 Å². The number of H-pyrrole nitrogens is 1. The van der Waals surface area contributed by atoms with Crippen LogP contribution in [-0.4, -0.2) is 44.7 Å². The number of aromatic amines is 1. The van der Waals surface area contributed by atoms with Crippen LogP contribution >= 0.6 is 11.6 Å². The standard InChI is InChI=1S/C21H21ClN2O6/c1-5-30-21(26)17-15(11-8-10(22)6-7-13(11)24-17)18(25)12-9-14(27-2)19(28-3)20(29-4)16(12)23/h6-9,24H,5,23H2,1-4H3. The molecule has 3 N–H and O–H groups in total. The average Bonchev–Trinajstić information content (AvgIpc) is 3.11. The molecule has 0 aliphatic rings. The van der Waals surface area contributed by atoms with Gasteiger partial charge >= 0.3 is 5.97 Å². The Morgan fingerprint density at radius 2 is 1.77 bits per heavy atom. The maximum absolute atomic E-state index is 13.6. The number of nitrogens with two attached hydrogens (primary N) is 1. The third-order valence-corrected chi connectivity index (χ3v) is 4.82. The van der Waals surface area contributed by atoms with Crippen molar-refractivity contribution < 1.29 is 28.5 Å². The molecule has 30 heavy (non-hydrogen) atoms. The molecule has 0 aliphatic heterocycles. The molecule has 0 bridgehead atoms. The number of ether oxygens (including phenoxy) is 4. The Balaban J connectivity index is 2.31. The number of methoxy groups -OCH3 is 3. The van der Waals surface area contributed by atoms with Crippen LogP contribution in [0.5, 0.6) is 17.2 Å². The highest BCUT2D eigenvalue weighted by Gasteiger charge is 2.29. The number of hydrogen-bond acceptors (Lipinski definition) is 7. The number of nitrogen functional groups attached to an aromatic ring is 1. The van der Waals surface area contributed by atoms with Crippen molar-refractivity contribution >= 4 is 39.9 Å². The Kier molecular flexibility index (Phi) is 6.07. The minimum atomic E-state index is -0.667. The van der Waals surface area contributed by atoms with Crippen molar-refractivity contribution in [1.29, 1.82) is 0 Å². The van der Waals surface area contributed by atoms with E-state index in [1.54, 1.807) is 25.1 Å². The van der Waals surface area contributed by atoms with Crippen LogP contribution in [0, 0.1) is 0 Å². The maximum atomic E-state index is 13.6. The van der Waals surface area contributed by atoms with Crippen LogP contribution in [-0.2, 0) is 4.74 Å². The van der Waals surface area contributed by atoms with E-state index in [4.69, 9.17) is 36.3 Å². The number of hydrogen-bond donors (Lipinski definition) is 2. The predicted molar refractivity (Wildman–Crippen MR) is 113 cm³/mol. The van der Waals surface area contributed by atoms with Crippen LogP contribution in [0.4, 0.5) is 5.69 Å². The van der Waals surface area contributed by atoms with Gasteiger partial charge in [-0.1, -0.05) is 11.6 Å². The molecule has 0 spiro atoms. The summed E-state index contributed by atoms with van der Waals surface area (Å²) in [4.78, 5) is 29.1. The van der Waals surface area contributed by atoms with Crippen LogP contribution in [0.15, 0.2) is 24.3 Å². The molecule has 1 aromatic heterocycles. The zero-order valence-electron chi connectivity index (χ0n) is 16.9. The van der Waals surface area contributed by atoms with Gasteiger partial charge in [-0.25, -0.2) is 4.79 Å². The summed E-state index contributed by atoms with van der Waals surface area (Å²) in [5, 5.41) is 0.868. The van der Waals surface area contributed by atoms with Crippen LogP contribution in [0.2, 0.25) is 5.02 Å². The smallest absolute Gasteiger partial charge is 0.355 e. The highest BCUT2D eigenvalue weighted by Crippen LogP contribution is 2.44. The Morgan fingerprint density at radius 3 is 2.37 bits per heavy atom. The van der Waals surface area contributed by atoms with Crippen molar-refractivity contribution in [1.82, 2.24) is 4.98 Å². The maximum Gasteiger partial charge on any atom is 0.355 e. The normalized spacial score (nSPS) is 10.7. The van der Waals surface area contributed by atoms with Crippen molar-refractivity contribution in [2.45, 2.75) is 6.92 Å². The Hall–Kier alpha value is -3.39. The summed E-state index contributed by atoms with van der Waals surface area (Å²) in [6, 6.07) is 6.36. The number of benzene rings is 2.